The zero-order valence-corrected chi connectivity index (χ0v) is 18.4. The molecular weight excluding hydrogens is 459 g/mol. The number of hydrogen-bond donors (Lipinski definition) is 3. The average Bonchev–Trinajstić information content (AvgIpc) is 3.17. The third-order valence-corrected chi connectivity index (χ3v) is 5.10. The summed E-state index contributed by atoms with van der Waals surface area (Å²) in [5.41, 5.74) is 3.23. The highest BCUT2D eigenvalue weighted by Gasteiger charge is 2.05. The van der Waals surface area contributed by atoms with Gasteiger partial charge in [0.1, 0.15) is 10.8 Å². The summed E-state index contributed by atoms with van der Waals surface area (Å²) in [7, 11) is 1.78. The van der Waals surface area contributed by atoms with Gasteiger partial charge in [0, 0.05) is 24.9 Å². The summed E-state index contributed by atoms with van der Waals surface area (Å²) in [4.78, 5) is 18.0. The van der Waals surface area contributed by atoms with Crippen LogP contribution in [-0.2, 0) is 13.0 Å². The van der Waals surface area contributed by atoms with Crippen LogP contribution < -0.4 is 10.6 Å². The second-order valence-corrected chi connectivity index (χ2v) is 7.19. The highest BCUT2D eigenvalue weighted by atomic mass is 127. The van der Waals surface area contributed by atoms with Crippen molar-refractivity contribution in [2.45, 2.75) is 33.2 Å². The minimum Gasteiger partial charge on any atom is -0.356 e. The van der Waals surface area contributed by atoms with E-state index in [2.05, 4.69) is 43.6 Å². The molecule has 0 unspecified atom stereocenters. The molecule has 2 aromatic heterocycles. The van der Waals surface area contributed by atoms with Gasteiger partial charge in [-0.15, -0.1) is 35.3 Å². The van der Waals surface area contributed by atoms with Crippen LogP contribution in [0.15, 0.2) is 29.3 Å². The smallest absolute Gasteiger partial charge is 0.191 e. The van der Waals surface area contributed by atoms with E-state index in [-0.39, 0.29) is 24.0 Å². The van der Waals surface area contributed by atoms with Gasteiger partial charge in [0.2, 0.25) is 0 Å². The summed E-state index contributed by atoms with van der Waals surface area (Å²) in [6.45, 7) is 5.68. The third-order valence-electron chi connectivity index (χ3n) is 4.02. The van der Waals surface area contributed by atoms with Crippen molar-refractivity contribution in [2.24, 2.45) is 4.99 Å². The molecule has 0 spiro atoms. The molecule has 1 aromatic carbocycles. The molecule has 2 heterocycles. The number of aliphatic imine (C=N–C) groups is 1. The molecule has 140 valence electrons. The lowest BCUT2D eigenvalue weighted by molar-refractivity contribution is 0.725. The van der Waals surface area contributed by atoms with Gasteiger partial charge in [0.15, 0.2) is 5.96 Å². The molecule has 6 nitrogen and oxygen atoms in total. The highest BCUT2D eigenvalue weighted by Crippen LogP contribution is 2.15. The Kier molecular flexibility index (Phi) is 7.83. The molecule has 8 heteroatoms. The number of fused-ring (bicyclic) bond motifs is 1. The standard InChI is InChI=1S/C18H24N6S.HI/c1-12-13(2)25-17(22-12)11-21-18(19-3)20-10-6-9-16-23-14-7-4-5-8-15(14)24-16;/h4-5,7-8H,6,9-11H2,1-3H3,(H,23,24)(H2,19,20,21);1H. The Morgan fingerprint density at radius 3 is 2.69 bits per heavy atom. The molecule has 0 radical (unpaired) electrons. The number of aromatic nitrogens is 3. The first-order chi connectivity index (χ1) is 12.2. The average molecular weight is 484 g/mol. The Hall–Kier alpha value is -1.68. The molecule has 0 atom stereocenters. The van der Waals surface area contributed by atoms with Crippen LogP contribution in [0, 0.1) is 13.8 Å². The first-order valence-corrected chi connectivity index (χ1v) is 9.28. The number of rotatable bonds is 6. The normalized spacial score (nSPS) is 11.4. The van der Waals surface area contributed by atoms with E-state index in [1.165, 1.54) is 4.88 Å². The van der Waals surface area contributed by atoms with Crippen molar-refractivity contribution < 1.29 is 0 Å². The zero-order valence-electron chi connectivity index (χ0n) is 15.3. The molecule has 0 aliphatic rings. The number of thiazole rings is 1. The van der Waals surface area contributed by atoms with Crippen molar-refractivity contribution >= 4 is 52.3 Å². The van der Waals surface area contributed by atoms with Crippen LogP contribution in [-0.4, -0.2) is 34.5 Å². The van der Waals surface area contributed by atoms with Crippen molar-refractivity contribution in [3.63, 3.8) is 0 Å². The summed E-state index contributed by atoms with van der Waals surface area (Å²) in [5, 5.41) is 7.73. The predicted octanol–water partition coefficient (Wildman–Crippen LogP) is 3.55. The van der Waals surface area contributed by atoms with Crippen LogP contribution in [0.5, 0.6) is 0 Å². The molecule has 0 aliphatic heterocycles. The topological polar surface area (TPSA) is 78.0 Å². The van der Waals surface area contributed by atoms with Crippen molar-refractivity contribution in [3.05, 3.63) is 45.7 Å². The Balaban J connectivity index is 0.00000243. The fraction of sp³-hybridized carbons (Fsp3) is 0.389. The second-order valence-electron chi connectivity index (χ2n) is 5.91. The van der Waals surface area contributed by atoms with E-state index in [1.54, 1.807) is 18.4 Å². The quantitative estimate of drug-likeness (QED) is 0.217. The monoisotopic (exact) mass is 484 g/mol. The van der Waals surface area contributed by atoms with Gasteiger partial charge in [0.25, 0.3) is 0 Å². The molecule has 0 fully saturated rings. The summed E-state index contributed by atoms with van der Waals surface area (Å²) in [6.07, 6.45) is 1.89. The third kappa shape index (κ3) is 5.41. The van der Waals surface area contributed by atoms with Crippen LogP contribution in [0.2, 0.25) is 0 Å². The molecule has 3 aromatic rings. The molecule has 3 rings (SSSR count). The molecular formula is C18H25IN6S. The summed E-state index contributed by atoms with van der Waals surface area (Å²) in [5.74, 6) is 1.83. The number of aryl methyl sites for hydroxylation is 3. The van der Waals surface area contributed by atoms with Crippen LogP contribution in [0.4, 0.5) is 0 Å². The lowest BCUT2D eigenvalue weighted by atomic mass is 10.3. The van der Waals surface area contributed by atoms with Gasteiger partial charge in [-0.25, -0.2) is 9.97 Å². The Labute approximate surface area is 175 Å². The SMILES string of the molecule is CN=C(NCCCc1nc2ccccc2[nH]1)NCc1nc(C)c(C)s1.I. The van der Waals surface area contributed by atoms with Crippen molar-refractivity contribution in [3.8, 4) is 0 Å². The first-order valence-electron chi connectivity index (χ1n) is 8.47. The predicted molar refractivity (Wildman–Crippen MR) is 120 cm³/mol. The number of nitrogens with zero attached hydrogens (tertiary/aromatic N) is 3. The number of halogens is 1. The van der Waals surface area contributed by atoms with Gasteiger partial charge in [-0.3, -0.25) is 4.99 Å². The molecule has 0 saturated carbocycles. The first kappa shape index (κ1) is 20.6. The molecule has 0 aliphatic carbocycles. The second kappa shape index (κ2) is 9.86. The van der Waals surface area contributed by atoms with E-state index in [1.807, 2.05) is 25.1 Å². The van der Waals surface area contributed by atoms with Crippen molar-refractivity contribution in [1.29, 1.82) is 0 Å². The lowest BCUT2D eigenvalue weighted by Gasteiger charge is -2.10. The van der Waals surface area contributed by atoms with Crippen LogP contribution in [0.1, 0.15) is 27.8 Å². The van der Waals surface area contributed by atoms with Gasteiger partial charge in [-0.2, -0.15) is 0 Å². The number of para-hydroxylation sites is 2. The fourth-order valence-corrected chi connectivity index (χ4v) is 3.46. The molecule has 0 amide bonds. The zero-order chi connectivity index (χ0) is 17.6. The van der Waals surface area contributed by atoms with E-state index in [9.17, 15) is 0 Å². The molecule has 26 heavy (non-hydrogen) atoms. The van der Waals surface area contributed by atoms with E-state index in [0.29, 0.717) is 6.54 Å². The maximum Gasteiger partial charge on any atom is 0.191 e. The molecule has 3 N–H and O–H groups in total. The van der Waals surface area contributed by atoms with E-state index in [4.69, 9.17) is 0 Å². The lowest BCUT2D eigenvalue weighted by Crippen LogP contribution is -2.37. The number of imidazole rings is 1. The number of benzene rings is 1. The number of guanidine groups is 1. The van der Waals surface area contributed by atoms with Gasteiger partial charge in [0.05, 0.1) is 23.3 Å². The van der Waals surface area contributed by atoms with Gasteiger partial charge < -0.3 is 15.6 Å². The maximum atomic E-state index is 4.60. The largest absolute Gasteiger partial charge is 0.356 e. The van der Waals surface area contributed by atoms with Gasteiger partial charge in [-0.05, 0) is 32.4 Å². The van der Waals surface area contributed by atoms with Gasteiger partial charge in [-0.1, -0.05) is 12.1 Å². The number of aromatic amines is 1. The Bertz CT molecular complexity index is 817. The summed E-state index contributed by atoms with van der Waals surface area (Å²) < 4.78 is 0. The molecule has 0 saturated heterocycles. The van der Waals surface area contributed by atoms with E-state index in [0.717, 1.165) is 52.9 Å². The van der Waals surface area contributed by atoms with Crippen molar-refractivity contribution in [2.75, 3.05) is 13.6 Å². The summed E-state index contributed by atoms with van der Waals surface area (Å²) in [6, 6.07) is 8.11. The minimum atomic E-state index is 0. The highest BCUT2D eigenvalue weighted by molar-refractivity contribution is 14.0. The molecule has 0 bridgehead atoms. The Morgan fingerprint density at radius 1 is 1.19 bits per heavy atom. The minimum absolute atomic E-state index is 0. The fourth-order valence-electron chi connectivity index (χ4n) is 2.58. The van der Waals surface area contributed by atoms with E-state index >= 15 is 0 Å². The maximum absolute atomic E-state index is 4.60. The Morgan fingerprint density at radius 2 is 2.00 bits per heavy atom. The van der Waals surface area contributed by atoms with Gasteiger partial charge >= 0.3 is 0 Å². The summed E-state index contributed by atoms with van der Waals surface area (Å²) >= 11 is 1.73. The van der Waals surface area contributed by atoms with Crippen LogP contribution in [0.3, 0.4) is 0 Å². The van der Waals surface area contributed by atoms with E-state index < -0.39 is 0 Å². The number of hydrogen-bond acceptors (Lipinski definition) is 4. The number of H-pyrrole nitrogens is 1. The van der Waals surface area contributed by atoms with Crippen LogP contribution in [0.25, 0.3) is 11.0 Å². The van der Waals surface area contributed by atoms with Crippen molar-refractivity contribution in [1.82, 2.24) is 25.6 Å². The number of nitrogens with one attached hydrogen (secondary N) is 3. The van der Waals surface area contributed by atoms with Crippen LogP contribution >= 0.6 is 35.3 Å².